The Kier molecular flexibility index (Phi) is 3.57. The average Bonchev–Trinajstić information content (AvgIpc) is 2.01. The predicted molar refractivity (Wildman–Crippen MR) is 49.6 cm³/mol. The fraction of sp³-hybridized carbons (Fsp3) is 0.444. The van der Waals surface area contributed by atoms with Gasteiger partial charge in [0, 0.05) is 11.6 Å². The summed E-state index contributed by atoms with van der Waals surface area (Å²) >= 11 is 3.37. The fourth-order valence-corrected chi connectivity index (χ4v) is 1.42. The van der Waals surface area contributed by atoms with Crippen LogP contribution in [0.15, 0.2) is 24.5 Å². The highest BCUT2D eigenvalue weighted by atomic mass is 79.9. The predicted octanol–water partition coefficient (Wildman–Crippen LogP) is 2.47. The lowest BCUT2D eigenvalue weighted by Gasteiger charge is -1.94. The average molecular weight is 215 g/mol. The number of hydrogen-bond donors (Lipinski definition) is 0. The summed E-state index contributed by atoms with van der Waals surface area (Å²) in [6.07, 6.45) is 7.81. The van der Waals surface area contributed by atoms with Gasteiger partial charge in [-0.15, -0.1) is 3.59 Å². The van der Waals surface area contributed by atoms with Crippen molar-refractivity contribution in [3.63, 3.8) is 0 Å². The molecule has 0 saturated heterocycles. The molecule has 0 amide bonds. The van der Waals surface area contributed by atoms with Crippen molar-refractivity contribution in [2.45, 2.75) is 26.2 Å². The van der Waals surface area contributed by atoms with E-state index in [9.17, 15) is 0 Å². The molecule has 0 unspecified atom stereocenters. The van der Waals surface area contributed by atoms with Crippen LogP contribution in [0, 0.1) is 0 Å². The Hall–Kier alpha value is -0.370. The number of halogens is 1. The number of nitrogens with zero attached hydrogens (tertiary/aromatic N) is 1. The van der Waals surface area contributed by atoms with Crippen LogP contribution in [0.2, 0.25) is 0 Å². The van der Waals surface area contributed by atoms with E-state index in [1.165, 1.54) is 24.8 Å². The largest absolute Gasteiger partial charge is 0.331 e. The topological polar surface area (TPSA) is 3.88 Å². The maximum atomic E-state index is 3.37. The first-order valence-electron chi connectivity index (χ1n) is 3.99. The molecule has 1 rings (SSSR count). The normalized spacial score (nSPS) is 10.0. The zero-order valence-electron chi connectivity index (χ0n) is 6.76. The molecule has 1 aromatic heterocycles. The zero-order chi connectivity index (χ0) is 8.10. The van der Waals surface area contributed by atoms with Crippen LogP contribution in [0.3, 0.4) is 0 Å². The quantitative estimate of drug-likeness (QED) is 0.729. The second-order valence-corrected chi connectivity index (χ2v) is 3.48. The van der Waals surface area contributed by atoms with Crippen molar-refractivity contribution in [1.29, 1.82) is 0 Å². The van der Waals surface area contributed by atoms with Gasteiger partial charge in [-0.2, -0.15) is 0 Å². The molecule has 0 aliphatic heterocycles. The Balaban J connectivity index is 2.56. The molecule has 0 bridgehead atoms. The Bertz CT molecular complexity index is 223. The number of unbranched alkanes of at least 4 members (excludes halogenated alkanes) is 1. The monoisotopic (exact) mass is 214 g/mol. The highest BCUT2D eigenvalue weighted by Gasteiger charge is 1.97. The van der Waals surface area contributed by atoms with E-state index in [0.29, 0.717) is 0 Å². The third-order valence-corrected chi connectivity index (χ3v) is 2.09. The highest BCUT2D eigenvalue weighted by molar-refractivity contribution is 9.04. The van der Waals surface area contributed by atoms with Gasteiger partial charge in [0.05, 0.1) is 0 Å². The van der Waals surface area contributed by atoms with Gasteiger partial charge in [-0.25, -0.2) is 0 Å². The Morgan fingerprint density at radius 3 is 3.00 bits per heavy atom. The Morgan fingerprint density at radius 1 is 1.55 bits per heavy atom. The first-order chi connectivity index (χ1) is 5.33. The number of hydrogen-bond acceptors (Lipinski definition) is 0. The van der Waals surface area contributed by atoms with Gasteiger partial charge in [0.1, 0.15) is 0 Å². The minimum absolute atomic E-state index is 1.18. The summed E-state index contributed by atoms with van der Waals surface area (Å²) in [5.74, 6) is 0. The summed E-state index contributed by atoms with van der Waals surface area (Å²) in [7, 11) is 0. The van der Waals surface area contributed by atoms with E-state index < -0.39 is 0 Å². The standard InChI is InChI=1S/C9H13BrN/c1-2-3-5-9-6-4-7-11(10)8-9/h4,6-8H,2-3,5H2,1H3/q+1. The number of rotatable bonds is 3. The maximum Gasteiger partial charge on any atom is 0.331 e. The van der Waals surface area contributed by atoms with Gasteiger partial charge >= 0.3 is 16.1 Å². The zero-order valence-corrected chi connectivity index (χ0v) is 8.34. The van der Waals surface area contributed by atoms with E-state index in [0.717, 1.165) is 0 Å². The Morgan fingerprint density at radius 2 is 2.36 bits per heavy atom. The van der Waals surface area contributed by atoms with Crippen molar-refractivity contribution < 1.29 is 3.59 Å². The molecule has 0 saturated carbocycles. The summed E-state index contributed by atoms with van der Waals surface area (Å²) in [5.41, 5.74) is 1.39. The maximum absolute atomic E-state index is 3.37. The summed E-state index contributed by atoms with van der Waals surface area (Å²) in [6, 6.07) is 4.22. The van der Waals surface area contributed by atoms with Gasteiger partial charge in [0.2, 0.25) is 0 Å². The second-order valence-electron chi connectivity index (χ2n) is 2.66. The van der Waals surface area contributed by atoms with Crippen LogP contribution < -0.4 is 3.59 Å². The number of pyridine rings is 1. The van der Waals surface area contributed by atoms with Crippen molar-refractivity contribution in [2.75, 3.05) is 0 Å². The SMILES string of the molecule is CCCCc1ccc[n+](Br)c1. The van der Waals surface area contributed by atoms with E-state index in [1.807, 2.05) is 9.79 Å². The summed E-state index contributed by atoms with van der Waals surface area (Å²) < 4.78 is 1.91. The van der Waals surface area contributed by atoms with Crippen molar-refractivity contribution in [1.82, 2.24) is 0 Å². The lowest BCUT2D eigenvalue weighted by molar-refractivity contribution is -0.474. The van der Waals surface area contributed by atoms with Crippen LogP contribution in [0.5, 0.6) is 0 Å². The van der Waals surface area contributed by atoms with Crippen molar-refractivity contribution in [2.24, 2.45) is 0 Å². The van der Waals surface area contributed by atoms with Gasteiger partial charge in [-0.3, -0.25) is 0 Å². The number of aromatic nitrogens is 1. The lowest BCUT2D eigenvalue weighted by Crippen LogP contribution is -2.17. The molecule has 11 heavy (non-hydrogen) atoms. The van der Waals surface area contributed by atoms with Crippen LogP contribution in [-0.2, 0) is 6.42 Å². The third-order valence-electron chi connectivity index (χ3n) is 1.65. The smallest absolute Gasteiger partial charge is 0.130 e. The van der Waals surface area contributed by atoms with Crippen LogP contribution >= 0.6 is 16.1 Å². The minimum Gasteiger partial charge on any atom is -0.130 e. The molecule has 0 N–H and O–H groups in total. The molecule has 0 atom stereocenters. The molecule has 60 valence electrons. The Labute approximate surface area is 76.4 Å². The second kappa shape index (κ2) is 4.50. The molecule has 0 radical (unpaired) electrons. The van der Waals surface area contributed by atoms with Gasteiger partial charge < -0.3 is 0 Å². The fourth-order valence-electron chi connectivity index (χ4n) is 1.02. The molecule has 2 heteroatoms. The van der Waals surface area contributed by atoms with Gasteiger partial charge in [-0.1, -0.05) is 13.3 Å². The van der Waals surface area contributed by atoms with Crippen LogP contribution in [-0.4, -0.2) is 0 Å². The van der Waals surface area contributed by atoms with Crippen molar-refractivity contribution in [3.05, 3.63) is 30.1 Å². The molecular weight excluding hydrogens is 202 g/mol. The molecule has 0 aliphatic carbocycles. The van der Waals surface area contributed by atoms with Gasteiger partial charge in [0.25, 0.3) is 0 Å². The molecular formula is C9H13BrN+. The van der Waals surface area contributed by atoms with Crippen LogP contribution in [0.1, 0.15) is 25.3 Å². The van der Waals surface area contributed by atoms with E-state index >= 15 is 0 Å². The van der Waals surface area contributed by atoms with E-state index in [2.05, 4.69) is 41.4 Å². The van der Waals surface area contributed by atoms with E-state index in [-0.39, 0.29) is 0 Å². The highest BCUT2D eigenvalue weighted by Crippen LogP contribution is 2.01. The molecule has 1 aromatic rings. The van der Waals surface area contributed by atoms with Crippen molar-refractivity contribution >= 4 is 16.1 Å². The summed E-state index contributed by atoms with van der Waals surface area (Å²) in [4.78, 5) is 0. The molecule has 0 spiro atoms. The van der Waals surface area contributed by atoms with E-state index in [4.69, 9.17) is 0 Å². The minimum atomic E-state index is 1.18. The molecule has 1 heterocycles. The lowest BCUT2D eigenvalue weighted by atomic mass is 10.1. The van der Waals surface area contributed by atoms with Gasteiger partial charge in [0.15, 0.2) is 12.4 Å². The summed E-state index contributed by atoms with van der Waals surface area (Å²) in [5, 5.41) is 0. The summed E-state index contributed by atoms with van der Waals surface area (Å²) in [6.45, 7) is 2.21. The third kappa shape index (κ3) is 3.02. The molecule has 0 aromatic carbocycles. The van der Waals surface area contributed by atoms with Gasteiger partial charge in [-0.05, 0) is 18.9 Å². The van der Waals surface area contributed by atoms with Crippen molar-refractivity contribution in [3.8, 4) is 0 Å². The molecule has 0 aliphatic rings. The van der Waals surface area contributed by atoms with E-state index in [1.54, 1.807) is 0 Å². The number of aryl methyl sites for hydroxylation is 1. The first-order valence-corrected chi connectivity index (χ1v) is 4.70. The molecule has 0 fully saturated rings. The molecule has 1 nitrogen and oxygen atoms in total. The van der Waals surface area contributed by atoms with Crippen LogP contribution in [0.25, 0.3) is 0 Å². The van der Waals surface area contributed by atoms with Crippen LogP contribution in [0.4, 0.5) is 0 Å². The first kappa shape index (κ1) is 8.72.